The third-order valence-corrected chi connectivity index (χ3v) is 5.45. The summed E-state index contributed by atoms with van der Waals surface area (Å²) in [5.74, 6) is 0.0873. The Bertz CT molecular complexity index is 889. The molecule has 0 aromatic heterocycles. The van der Waals surface area contributed by atoms with E-state index in [0.29, 0.717) is 10.8 Å². The molecule has 1 atom stereocenters. The molecule has 0 aliphatic carbocycles. The van der Waals surface area contributed by atoms with Gasteiger partial charge in [0.1, 0.15) is 11.8 Å². The minimum absolute atomic E-state index is 0.0210. The number of ether oxygens (including phenoxy) is 1. The summed E-state index contributed by atoms with van der Waals surface area (Å²) in [7, 11) is 0. The fourth-order valence-corrected chi connectivity index (χ4v) is 3.68. The number of rotatable bonds is 9. The van der Waals surface area contributed by atoms with E-state index >= 15 is 0 Å². The Hall–Kier alpha value is -2.05. The molecule has 2 rings (SSSR count). The Morgan fingerprint density at radius 2 is 1.87 bits per heavy atom. The number of aryl methyl sites for hydroxylation is 1. The molecule has 0 unspecified atom stereocenters. The topological polar surface area (TPSA) is 58.6 Å². The molecule has 0 bridgehead atoms. The summed E-state index contributed by atoms with van der Waals surface area (Å²) in [5.41, 5.74) is 2.01. The number of hydrogen-bond acceptors (Lipinski definition) is 3. The molecule has 30 heavy (non-hydrogen) atoms. The molecule has 0 heterocycles. The smallest absolute Gasteiger partial charge is 0.261 e. The van der Waals surface area contributed by atoms with E-state index < -0.39 is 6.04 Å². The quantitative estimate of drug-likeness (QED) is 0.533. The lowest BCUT2D eigenvalue weighted by molar-refractivity contribution is -0.142. The van der Waals surface area contributed by atoms with Gasteiger partial charge in [-0.3, -0.25) is 9.59 Å². The van der Waals surface area contributed by atoms with Gasteiger partial charge in [0.25, 0.3) is 5.91 Å². The van der Waals surface area contributed by atoms with Crippen LogP contribution in [0.1, 0.15) is 38.8 Å². The molecule has 162 valence electrons. The number of amides is 2. The molecule has 0 aliphatic rings. The van der Waals surface area contributed by atoms with Gasteiger partial charge in [-0.2, -0.15) is 0 Å². The summed E-state index contributed by atoms with van der Waals surface area (Å²) in [6.45, 7) is 7.63. The van der Waals surface area contributed by atoms with Gasteiger partial charge < -0.3 is 15.0 Å². The zero-order valence-corrected chi connectivity index (χ0v) is 20.1. The molecular weight excluding hydrogens is 468 g/mol. The summed E-state index contributed by atoms with van der Waals surface area (Å²) < 4.78 is 6.55. The van der Waals surface area contributed by atoms with E-state index in [-0.39, 0.29) is 31.0 Å². The predicted octanol–water partition coefficient (Wildman–Crippen LogP) is 4.99. The lowest BCUT2D eigenvalue weighted by Gasteiger charge is -2.29. The van der Waals surface area contributed by atoms with Crippen molar-refractivity contribution in [3.63, 3.8) is 0 Å². The molecule has 2 aromatic rings. The molecule has 1 N–H and O–H groups in total. The zero-order chi connectivity index (χ0) is 22.3. The van der Waals surface area contributed by atoms with Crippen LogP contribution in [0, 0.1) is 0 Å². The maximum absolute atomic E-state index is 13.0. The van der Waals surface area contributed by atoms with Crippen molar-refractivity contribution in [3.8, 4) is 5.75 Å². The monoisotopic (exact) mass is 494 g/mol. The molecule has 7 heteroatoms. The molecule has 0 saturated heterocycles. The summed E-state index contributed by atoms with van der Waals surface area (Å²) >= 11 is 9.58. The van der Waals surface area contributed by atoms with Crippen molar-refractivity contribution in [3.05, 3.63) is 63.1 Å². The highest BCUT2D eigenvalue weighted by atomic mass is 79.9. The lowest BCUT2D eigenvalue weighted by Crippen LogP contribution is -2.50. The third kappa shape index (κ3) is 7.03. The molecule has 0 radical (unpaired) electrons. The van der Waals surface area contributed by atoms with Gasteiger partial charge in [0.15, 0.2) is 6.61 Å². The highest BCUT2D eigenvalue weighted by molar-refractivity contribution is 9.10. The molecule has 2 amide bonds. The molecule has 0 saturated carbocycles. The Labute approximate surface area is 191 Å². The number of carbonyl (C=O) groups excluding carboxylic acids is 2. The van der Waals surface area contributed by atoms with Crippen molar-refractivity contribution in [1.29, 1.82) is 0 Å². The SMILES string of the molecule is CCc1ccc(OCC(=O)N(Cc2cccc(Cl)c2)[C@@H](C)C(=O)NC(C)C)c(Br)c1. The highest BCUT2D eigenvalue weighted by Gasteiger charge is 2.27. The Morgan fingerprint density at radius 3 is 2.47 bits per heavy atom. The molecule has 5 nitrogen and oxygen atoms in total. The van der Waals surface area contributed by atoms with Crippen molar-refractivity contribution in [1.82, 2.24) is 10.2 Å². The van der Waals surface area contributed by atoms with Gasteiger partial charge >= 0.3 is 0 Å². The van der Waals surface area contributed by atoms with Crippen LogP contribution in [0.2, 0.25) is 5.02 Å². The maximum Gasteiger partial charge on any atom is 0.261 e. The van der Waals surface area contributed by atoms with Crippen LogP contribution < -0.4 is 10.1 Å². The van der Waals surface area contributed by atoms with E-state index in [4.69, 9.17) is 16.3 Å². The number of nitrogens with zero attached hydrogens (tertiary/aromatic N) is 1. The van der Waals surface area contributed by atoms with Crippen LogP contribution in [-0.4, -0.2) is 35.4 Å². The van der Waals surface area contributed by atoms with E-state index in [9.17, 15) is 9.59 Å². The molecular formula is C23H28BrClN2O3. The van der Waals surface area contributed by atoms with Gasteiger partial charge in [-0.15, -0.1) is 0 Å². The number of carbonyl (C=O) groups is 2. The van der Waals surface area contributed by atoms with Crippen LogP contribution in [0.15, 0.2) is 46.9 Å². The maximum atomic E-state index is 13.0. The van der Waals surface area contributed by atoms with Crippen molar-refractivity contribution in [2.45, 2.75) is 52.7 Å². The van der Waals surface area contributed by atoms with E-state index in [0.717, 1.165) is 16.5 Å². The summed E-state index contributed by atoms with van der Waals surface area (Å²) in [4.78, 5) is 27.1. The number of hydrogen-bond donors (Lipinski definition) is 1. The number of nitrogens with one attached hydrogen (secondary N) is 1. The first-order chi connectivity index (χ1) is 14.2. The largest absolute Gasteiger partial charge is 0.483 e. The standard InChI is InChI=1S/C23H28BrClN2O3/c1-5-17-9-10-21(20(24)12-17)30-14-22(28)27(16(4)23(29)26-15(2)3)13-18-7-6-8-19(25)11-18/h6-12,15-16H,5,13-14H2,1-4H3,(H,26,29)/t16-/m0/s1. The van der Waals surface area contributed by atoms with Crippen LogP contribution >= 0.6 is 27.5 Å². The predicted molar refractivity (Wildman–Crippen MR) is 124 cm³/mol. The fraction of sp³-hybridized carbons (Fsp3) is 0.391. The second-order valence-corrected chi connectivity index (χ2v) is 8.69. The number of benzene rings is 2. The second-order valence-electron chi connectivity index (χ2n) is 7.40. The van der Waals surface area contributed by atoms with Gasteiger partial charge in [-0.05, 0) is 78.5 Å². The fourth-order valence-electron chi connectivity index (χ4n) is 2.92. The summed E-state index contributed by atoms with van der Waals surface area (Å²) in [6, 6.07) is 12.4. The van der Waals surface area contributed by atoms with Crippen molar-refractivity contribution in [2.24, 2.45) is 0 Å². The third-order valence-electron chi connectivity index (χ3n) is 4.60. The van der Waals surface area contributed by atoms with Crippen LogP contribution in [0.5, 0.6) is 5.75 Å². The average molecular weight is 496 g/mol. The van der Waals surface area contributed by atoms with Crippen molar-refractivity contribution in [2.75, 3.05) is 6.61 Å². The molecule has 0 spiro atoms. The van der Waals surface area contributed by atoms with Crippen molar-refractivity contribution < 1.29 is 14.3 Å². The Balaban J connectivity index is 2.17. The van der Waals surface area contributed by atoms with E-state index in [2.05, 4.69) is 28.2 Å². The first kappa shape index (κ1) is 24.2. The molecule has 0 aliphatic heterocycles. The molecule has 0 fully saturated rings. The second kappa shape index (κ2) is 11.4. The van der Waals surface area contributed by atoms with Crippen molar-refractivity contribution >= 4 is 39.3 Å². The first-order valence-electron chi connectivity index (χ1n) is 9.96. The van der Waals surface area contributed by atoms with Gasteiger partial charge in [0.05, 0.1) is 4.47 Å². The molecule has 2 aromatic carbocycles. The minimum atomic E-state index is -0.659. The summed E-state index contributed by atoms with van der Waals surface area (Å²) in [5, 5.41) is 3.44. The Kier molecular flexibility index (Phi) is 9.18. The van der Waals surface area contributed by atoms with E-state index in [1.165, 1.54) is 10.5 Å². The van der Waals surface area contributed by atoms with Gasteiger partial charge in [-0.25, -0.2) is 0 Å². The van der Waals surface area contributed by atoms with E-state index in [1.807, 2.05) is 44.2 Å². The zero-order valence-electron chi connectivity index (χ0n) is 17.7. The minimum Gasteiger partial charge on any atom is -0.483 e. The van der Waals surface area contributed by atoms with E-state index in [1.54, 1.807) is 19.1 Å². The normalized spacial score (nSPS) is 11.8. The number of halogens is 2. The van der Waals surface area contributed by atoms with Gasteiger partial charge in [0, 0.05) is 17.6 Å². The van der Waals surface area contributed by atoms with Gasteiger partial charge in [-0.1, -0.05) is 36.7 Å². The average Bonchev–Trinajstić information content (AvgIpc) is 2.69. The van der Waals surface area contributed by atoms with Crippen LogP contribution in [-0.2, 0) is 22.6 Å². The Morgan fingerprint density at radius 1 is 1.13 bits per heavy atom. The lowest BCUT2D eigenvalue weighted by atomic mass is 10.1. The highest BCUT2D eigenvalue weighted by Crippen LogP contribution is 2.26. The van der Waals surface area contributed by atoms with Crippen LogP contribution in [0.3, 0.4) is 0 Å². The van der Waals surface area contributed by atoms with Gasteiger partial charge in [0.2, 0.25) is 5.91 Å². The van der Waals surface area contributed by atoms with Crippen LogP contribution in [0.25, 0.3) is 0 Å². The summed E-state index contributed by atoms with van der Waals surface area (Å²) in [6.07, 6.45) is 0.910. The first-order valence-corrected chi connectivity index (χ1v) is 11.1. The van der Waals surface area contributed by atoms with Crippen LogP contribution in [0.4, 0.5) is 0 Å².